The zero-order valence-corrected chi connectivity index (χ0v) is 16.2. The van der Waals surface area contributed by atoms with Crippen LogP contribution in [-0.2, 0) is 32.1 Å². The summed E-state index contributed by atoms with van der Waals surface area (Å²) in [7, 11) is 0. The summed E-state index contributed by atoms with van der Waals surface area (Å²) in [6.07, 6.45) is -0.713. The van der Waals surface area contributed by atoms with E-state index in [2.05, 4.69) is 5.32 Å². The zero-order chi connectivity index (χ0) is 21.5. The second-order valence-electron chi connectivity index (χ2n) is 6.95. The minimum absolute atomic E-state index is 0.00888. The van der Waals surface area contributed by atoms with Crippen molar-refractivity contribution in [2.24, 2.45) is 0 Å². The molecule has 0 spiro atoms. The molecule has 0 radical (unpaired) electrons. The predicted molar refractivity (Wildman–Crippen MR) is 106 cm³/mol. The number of ether oxygens (including phenoxy) is 1. The molecule has 156 valence electrons. The fourth-order valence-electron chi connectivity index (χ4n) is 3.27. The molecule has 0 unspecified atom stereocenters. The number of nitrogens with one attached hydrogen (secondary N) is 1. The summed E-state index contributed by atoms with van der Waals surface area (Å²) >= 11 is 0. The van der Waals surface area contributed by atoms with Crippen LogP contribution in [0.25, 0.3) is 0 Å². The first kappa shape index (κ1) is 21.0. The highest BCUT2D eigenvalue weighted by Gasteiger charge is 2.42. The van der Waals surface area contributed by atoms with Crippen LogP contribution in [0.5, 0.6) is 0 Å². The largest absolute Gasteiger partial charge is 0.480 e. The van der Waals surface area contributed by atoms with Crippen LogP contribution in [0.15, 0.2) is 60.7 Å². The van der Waals surface area contributed by atoms with Crippen molar-refractivity contribution in [2.75, 3.05) is 0 Å². The van der Waals surface area contributed by atoms with Gasteiger partial charge in [-0.05, 0) is 17.5 Å². The van der Waals surface area contributed by atoms with Crippen molar-refractivity contribution in [1.82, 2.24) is 10.2 Å². The summed E-state index contributed by atoms with van der Waals surface area (Å²) in [5.41, 5.74) is 1.49. The van der Waals surface area contributed by atoms with Crippen molar-refractivity contribution >= 4 is 23.9 Å². The Labute approximate surface area is 173 Å². The minimum atomic E-state index is -1.20. The first-order valence-corrected chi connectivity index (χ1v) is 9.55. The molecule has 1 heterocycles. The normalized spacial score (nSPS) is 16.7. The number of aliphatic carboxylic acids is 1. The third kappa shape index (κ3) is 5.22. The highest BCUT2D eigenvalue weighted by molar-refractivity contribution is 6.01. The van der Waals surface area contributed by atoms with Gasteiger partial charge in [-0.25, -0.2) is 14.5 Å². The second-order valence-corrected chi connectivity index (χ2v) is 6.95. The number of carbonyl (C=O) groups excluding carboxylic acids is 3. The lowest BCUT2D eigenvalue weighted by Gasteiger charge is -2.23. The Morgan fingerprint density at radius 2 is 1.63 bits per heavy atom. The van der Waals surface area contributed by atoms with E-state index >= 15 is 0 Å². The Bertz CT molecular complexity index is 916. The number of carboxylic acids is 1. The SMILES string of the molecule is O=C(O)[C@H](Cc1ccccc1)NC(=O)[C@@H]1CCC(=O)N1C(=O)OCc1ccccc1. The first-order chi connectivity index (χ1) is 14.5. The number of carboxylic acid groups (broad SMARTS) is 1. The molecule has 8 heteroatoms. The van der Waals surface area contributed by atoms with Gasteiger partial charge >= 0.3 is 12.1 Å². The second kappa shape index (κ2) is 9.69. The number of imide groups is 1. The van der Waals surface area contributed by atoms with Gasteiger partial charge < -0.3 is 15.2 Å². The third-order valence-electron chi connectivity index (χ3n) is 4.81. The summed E-state index contributed by atoms with van der Waals surface area (Å²) < 4.78 is 5.18. The number of likely N-dealkylation sites (tertiary alicyclic amines) is 1. The Kier molecular flexibility index (Phi) is 6.79. The van der Waals surface area contributed by atoms with E-state index in [1.807, 2.05) is 6.07 Å². The van der Waals surface area contributed by atoms with Crippen LogP contribution >= 0.6 is 0 Å². The van der Waals surface area contributed by atoms with Crippen LogP contribution < -0.4 is 5.32 Å². The van der Waals surface area contributed by atoms with Crippen LogP contribution in [0, 0.1) is 0 Å². The maximum absolute atomic E-state index is 12.7. The van der Waals surface area contributed by atoms with Gasteiger partial charge in [-0.1, -0.05) is 60.7 Å². The molecule has 0 aromatic heterocycles. The molecule has 2 aromatic carbocycles. The monoisotopic (exact) mass is 410 g/mol. The number of benzene rings is 2. The lowest BCUT2D eigenvalue weighted by atomic mass is 10.1. The van der Waals surface area contributed by atoms with Gasteiger partial charge in [0.15, 0.2) is 0 Å². The highest BCUT2D eigenvalue weighted by atomic mass is 16.6. The van der Waals surface area contributed by atoms with Gasteiger partial charge in [0.2, 0.25) is 11.8 Å². The van der Waals surface area contributed by atoms with Gasteiger partial charge in [-0.15, -0.1) is 0 Å². The van der Waals surface area contributed by atoms with E-state index in [9.17, 15) is 24.3 Å². The highest BCUT2D eigenvalue weighted by Crippen LogP contribution is 2.21. The molecule has 8 nitrogen and oxygen atoms in total. The molecular weight excluding hydrogens is 388 g/mol. The summed E-state index contributed by atoms with van der Waals surface area (Å²) in [5.74, 6) is -2.42. The van der Waals surface area contributed by atoms with Crippen LogP contribution in [0.2, 0.25) is 0 Å². The lowest BCUT2D eigenvalue weighted by Crippen LogP contribution is -2.52. The average Bonchev–Trinajstić information content (AvgIpc) is 3.14. The van der Waals surface area contributed by atoms with Crippen molar-refractivity contribution in [3.05, 3.63) is 71.8 Å². The van der Waals surface area contributed by atoms with Crippen LogP contribution in [-0.4, -0.2) is 46.0 Å². The molecule has 1 aliphatic rings. The maximum Gasteiger partial charge on any atom is 0.417 e. The van der Waals surface area contributed by atoms with E-state index in [1.54, 1.807) is 54.6 Å². The van der Waals surface area contributed by atoms with Gasteiger partial charge in [-0.3, -0.25) is 9.59 Å². The lowest BCUT2D eigenvalue weighted by molar-refractivity contribution is -0.142. The van der Waals surface area contributed by atoms with Gasteiger partial charge in [-0.2, -0.15) is 0 Å². The number of rotatable bonds is 7. The Balaban J connectivity index is 1.64. The number of hydrogen-bond donors (Lipinski definition) is 2. The van der Waals surface area contributed by atoms with E-state index in [0.717, 1.165) is 16.0 Å². The van der Waals surface area contributed by atoms with Crippen molar-refractivity contribution in [3.8, 4) is 0 Å². The molecule has 1 aliphatic heterocycles. The molecule has 1 fully saturated rings. The third-order valence-corrected chi connectivity index (χ3v) is 4.81. The van der Waals surface area contributed by atoms with Gasteiger partial charge in [0.1, 0.15) is 18.7 Å². The number of hydrogen-bond acceptors (Lipinski definition) is 5. The van der Waals surface area contributed by atoms with E-state index in [4.69, 9.17) is 4.74 Å². The first-order valence-electron chi connectivity index (χ1n) is 9.55. The topological polar surface area (TPSA) is 113 Å². The number of nitrogens with zero attached hydrogens (tertiary/aromatic N) is 1. The van der Waals surface area contributed by atoms with Gasteiger partial charge in [0, 0.05) is 12.8 Å². The Morgan fingerprint density at radius 3 is 2.23 bits per heavy atom. The van der Waals surface area contributed by atoms with Gasteiger partial charge in [0.05, 0.1) is 0 Å². The smallest absolute Gasteiger partial charge is 0.417 e. The molecule has 30 heavy (non-hydrogen) atoms. The molecular formula is C22H22N2O6. The predicted octanol–water partition coefficient (Wildman–Crippen LogP) is 2.13. The zero-order valence-electron chi connectivity index (χ0n) is 16.2. The Morgan fingerprint density at radius 1 is 1.03 bits per heavy atom. The van der Waals surface area contributed by atoms with Crippen LogP contribution in [0.4, 0.5) is 4.79 Å². The van der Waals surface area contributed by atoms with E-state index < -0.39 is 36.0 Å². The quantitative estimate of drug-likeness (QED) is 0.723. The van der Waals surface area contributed by atoms with E-state index in [0.29, 0.717) is 0 Å². The fraction of sp³-hybridized carbons (Fsp3) is 0.273. The van der Waals surface area contributed by atoms with E-state index in [-0.39, 0.29) is 25.9 Å². The fourth-order valence-corrected chi connectivity index (χ4v) is 3.27. The molecule has 0 aliphatic carbocycles. The summed E-state index contributed by atoms with van der Waals surface area (Å²) in [5, 5.41) is 11.9. The summed E-state index contributed by atoms with van der Waals surface area (Å²) in [6, 6.07) is 15.5. The van der Waals surface area contributed by atoms with Crippen molar-refractivity contribution in [1.29, 1.82) is 0 Å². The molecule has 1 saturated heterocycles. The van der Waals surface area contributed by atoms with Crippen molar-refractivity contribution < 1.29 is 29.0 Å². The molecule has 3 amide bonds. The van der Waals surface area contributed by atoms with Crippen LogP contribution in [0.3, 0.4) is 0 Å². The number of carbonyl (C=O) groups is 4. The molecule has 2 aromatic rings. The molecule has 2 N–H and O–H groups in total. The maximum atomic E-state index is 12.7. The van der Waals surface area contributed by atoms with Crippen molar-refractivity contribution in [2.45, 2.75) is 38.0 Å². The molecule has 3 rings (SSSR count). The molecule has 0 bridgehead atoms. The molecule has 2 atom stereocenters. The van der Waals surface area contributed by atoms with Crippen molar-refractivity contribution in [3.63, 3.8) is 0 Å². The molecule has 0 saturated carbocycles. The standard InChI is InChI=1S/C22H22N2O6/c25-19-12-11-18(24(19)22(29)30-14-16-9-5-2-6-10-16)20(26)23-17(21(27)28)13-15-7-3-1-4-8-15/h1-10,17-18H,11-14H2,(H,23,26)(H,27,28)/t17-,18-/m0/s1. The van der Waals surface area contributed by atoms with Crippen LogP contribution in [0.1, 0.15) is 24.0 Å². The average molecular weight is 410 g/mol. The van der Waals surface area contributed by atoms with Gasteiger partial charge in [0.25, 0.3) is 0 Å². The van der Waals surface area contributed by atoms with E-state index in [1.165, 1.54) is 0 Å². The minimum Gasteiger partial charge on any atom is -0.480 e. The summed E-state index contributed by atoms with van der Waals surface area (Å²) in [4.78, 5) is 49.7. The number of amides is 3. The Hall–Kier alpha value is -3.68. The summed E-state index contributed by atoms with van der Waals surface area (Å²) in [6.45, 7) is -0.0381.